The van der Waals surface area contributed by atoms with Gasteiger partial charge in [-0.3, -0.25) is 14.2 Å². The molecule has 6 heterocycles. The highest BCUT2D eigenvalue weighted by atomic mass is 32.2. The average molecular weight is 1070 g/mol. The number of rotatable bonds is 9. The van der Waals surface area contributed by atoms with Crippen LogP contribution in [0.15, 0.2) is 105 Å². The zero-order valence-corrected chi connectivity index (χ0v) is 45.8. The van der Waals surface area contributed by atoms with Crippen molar-refractivity contribution in [1.29, 1.82) is 0 Å². The molecular formula is C49H77N7O9S5. The minimum absolute atomic E-state index is 0. The highest BCUT2D eigenvalue weighted by Gasteiger charge is 2.17. The number of thiazole rings is 1. The molecule has 6 rings (SSSR count). The lowest BCUT2D eigenvalue weighted by molar-refractivity contribution is 0.0737. The molecule has 21 heteroatoms. The highest BCUT2D eigenvalue weighted by Crippen LogP contribution is 2.18. The van der Waals surface area contributed by atoms with Crippen molar-refractivity contribution in [3.8, 4) is 0 Å². The van der Waals surface area contributed by atoms with E-state index in [4.69, 9.17) is 0 Å². The van der Waals surface area contributed by atoms with Gasteiger partial charge in [-0.2, -0.15) is 0 Å². The van der Waals surface area contributed by atoms with Crippen LogP contribution in [-0.2, 0) is 51.1 Å². The number of sulfone groups is 3. The standard InChI is InChI=1S/C11H18N2O3S.C9H13NO.C8H11NOS.C8H11N.C6H9NO2S.C5H7NO2S2.2CH4/c1-8-5-9(12-7-11(2,3)14)13-10(6-8)17(4,15)16;1-7-4-5-10-8(6-7)9(2,3)11;1-7-4-5-9-8(6-7)11(2,3)10;1-3-8-6-7(2)4-5-9-8;1-5-3-6(7-4-5)10(2,8)9;1-4-3-6-5(9-4)10(2,7)8;;/h5-6,14H,7H2,1-4H3,(H,12,13);4-6,11H,1-3H3;4-6H,2H2,1,3H3;4-6H,3H2,1-2H3;3-4,7H,1-2H3;3H,1-2H3;2*1H4. The number of hydrogen-bond acceptors (Lipinski definition) is 16. The van der Waals surface area contributed by atoms with E-state index in [9.17, 15) is 39.7 Å². The predicted octanol–water partition coefficient (Wildman–Crippen LogP) is 8.50. The number of pyridine rings is 4. The molecule has 0 aliphatic heterocycles. The maximum atomic E-state index is 11.4. The summed E-state index contributed by atoms with van der Waals surface area (Å²) in [7, 11) is -11.6. The van der Waals surface area contributed by atoms with Crippen molar-refractivity contribution in [2.24, 2.45) is 0 Å². The van der Waals surface area contributed by atoms with E-state index in [-0.39, 0.29) is 29.2 Å². The Balaban J connectivity index is 0. The number of aryl methyl sites for hydroxylation is 7. The van der Waals surface area contributed by atoms with Gasteiger partial charge in [0, 0.05) is 82.6 Å². The SMILES string of the molecule is C.C.C=S(C)(=O)c1cc(C)ccn1.CCc1cc(C)ccn1.Cc1c[nH]c(S(C)(=O)=O)c1.Cc1cc(NCC(C)(C)O)nc(S(C)(=O)=O)c1.Cc1ccnc(C(C)(C)O)c1.Cc1cnc(S(C)(=O)=O)s1. The van der Waals surface area contributed by atoms with Crippen LogP contribution in [-0.4, -0.2) is 113 Å². The Labute approximate surface area is 423 Å². The van der Waals surface area contributed by atoms with Gasteiger partial charge in [-0.25, -0.2) is 40.2 Å². The fourth-order valence-corrected chi connectivity index (χ4v) is 8.61. The zero-order valence-electron chi connectivity index (χ0n) is 41.7. The van der Waals surface area contributed by atoms with Gasteiger partial charge >= 0.3 is 0 Å². The minimum atomic E-state index is -3.32. The van der Waals surface area contributed by atoms with Crippen molar-refractivity contribution in [1.82, 2.24) is 29.9 Å². The first-order valence-electron chi connectivity index (χ1n) is 20.8. The Morgan fingerprint density at radius 1 is 0.643 bits per heavy atom. The lowest BCUT2D eigenvalue weighted by Gasteiger charge is -2.18. The molecule has 0 aliphatic carbocycles. The van der Waals surface area contributed by atoms with Crippen molar-refractivity contribution < 1.29 is 39.7 Å². The van der Waals surface area contributed by atoms with Crippen LogP contribution in [0.5, 0.6) is 0 Å². The third-order valence-electron chi connectivity index (χ3n) is 8.36. The van der Waals surface area contributed by atoms with Gasteiger partial charge < -0.3 is 20.5 Å². The van der Waals surface area contributed by atoms with Gasteiger partial charge in [0.2, 0.25) is 14.2 Å². The van der Waals surface area contributed by atoms with Gasteiger partial charge in [0.15, 0.2) is 24.7 Å². The summed E-state index contributed by atoms with van der Waals surface area (Å²) in [4.78, 5) is 23.5. The summed E-state index contributed by atoms with van der Waals surface area (Å²) in [6.07, 6.45) is 14.5. The fourth-order valence-electron chi connectivity index (χ4n) is 4.82. The lowest BCUT2D eigenvalue weighted by atomic mass is 10.0. The molecule has 0 amide bonds. The zero-order chi connectivity index (χ0) is 52.5. The van der Waals surface area contributed by atoms with E-state index in [1.54, 1.807) is 83.9 Å². The maximum Gasteiger partial charge on any atom is 0.209 e. The Kier molecular flexibility index (Phi) is 27.7. The van der Waals surface area contributed by atoms with E-state index in [0.717, 1.165) is 51.8 Å². The molecule has 70 heavy (non-hydrogen) atoms. The second-order valence-electron chi connectivity index (χ2n) is 17.3. The fraction of sp³-hybridized carbons (Fsp3) is 0.429. The van der Waals surface area contributed by atoms with E-state index >= 15 is 0 Å². The largest absolute Gasteiger partial charge is 0.389 e. The van der Waals surface area contributed by atoms with E-state index < -0.39 is 50.2 Å². The maximum absolute atomic E-state index is 11.4. The average Bonchev–Trinajstić information content (AvgIpc) is 3.86. The molecule has 0 saturated carbocycles. The number of aromatic nitrogens is 6. The molecule has 1 atom stereocenters. The van der Waals surface area contributed by atoms with E-state index in [2.05, 4.69) is 61.0 Å². The number of nitrogens with one attached hydrogen (secondary N) is 2. The first kappa shape index (κ1) is 67.2. The molecular weight excluding hydrogens is 991 g/mol. The second kappa shape index (κ2) is 28.8. The molecule has 0 aromatic carbocycles. The molecule has 0 spiro atoms. The van der Waals surface area contributed by atoms with Crippen LogP contribution in [0.4, 0.5) is 5.82 Å². The highest BCUT2D eigenvalue weighted by molar-refractivity contribution is 7.99. The normalized spacial score (nSPS) is 12.0. The molecule has 0 saturated heterocycles. The molecule has 6 aromatic heterocycles. The smallest absolute Gasteiger partial charge is 0.209 e. The minimum Gasteiger partial charge on any atom is -0.389 e. The number of aromatic amines is 1. The van der Waals surface area contributed by atoms with Crippen LogP contribution < -0.4 is 5.32 Å². The predicted molar refractivity (Wildman–Crippen MR) is 290 cm³/mol. The third kappa shape index (κ3) is 28.1. The van der Waals surface area contributed by atoms with Gasteiger partial charge in [0.25, 0.3) is 0 Å². The van der Waals surface area contributed by atoms with Crippen LogP contribution in [0.2, 0.25) is 0 Å². The summed E-state index contributed by atoms with van der Waals surface area (Å²) in [5.74, 6) is 4.00. The van der Waals surface area contributed by atoms with Gasteiger partial charge in [-0.1, -0.05) is 21.8 Å². The van der Waals surface area contributed by atoms with Crippen molar-refractivity contribution in [3.63, 3.8) is 0 Å². The van der Waals surface area contributed by atoms with Crippen LogP contribution in [0.25, 0.3) is 0 Å². The first-order valence-corrected chi connectivity index (χ1v) is 29.5. The van der Waals surface area contributed by atoms with Gasteiger partial charge in [-0.05, 0) is 164 Å². The summed E-state index contributed by atoms with van der Waals surface area (Å²) in [6.45, 7) is 20.7. The number of anilines is 1. The van der Waals surface area contributed by atoms with Crippen LogP contribution >= 0.6 is 11.3 Å². The van der Waals surface area contributed by atoms with E-state index in [0.29, 0.717) is 17.4 Å². The summed E-state index contributed by atoms with van der Waals surface area (Å²) < 4.78 is 77.6. The first-order chi connectivity index (χ1) is 30.9. The van der Waals surface area contributed by atoms with Crippen molar-refractivity contribution in [3.05, 3.63) is 130 Å². The molecule has 0 fully saturated rings. The summed E-state index contributed by atoms with van der Waals surface area (Å²) >= 11 is 1.20. The Hall–Kier alpha value is -4.90. The van der Waals surface area contributed by atoms with E-state index in [1.807, 2.05) is 58.2 Å². The van der Waals surface area contributed by atoms with Gasteiger partial charge in [-0.15, -0.1) is 11.3 Å². The van der Waals surface area contributed by atoms with Gasteiger partial charge in [0.1, 0.15) is 21.5 Å². The number of hydrogen-bond donors (Lipinski definition) is 4. The van der Waals surface area contributed by atoms with Gasteiger partial charge in [0.05, 0.1) is 11.3 Å². The van der Waals surface area contributed by atoms with E-state index in [1.165, 1.54) is 34.9 Å². The van der Waals surface area contributed by atoms with Crippen molar-refractivity contribution in [2.45, 2.75) is 128 Å². The quantitative estimate of drug-likeness (QED) is 0.0991. The van der Waals surface area contributed by atoms with Crippen molar-refractivity contribution in [2.75, 3.05) is 36.9 Å². The van der Waals surface area contributed by atoms with Crippen LogP contribution in [0, 0.1) is 41.5 Å². The number of nitrogens with zero attached hydrogens (tertiary/aromatic N) is 5. The Morgan fingerprint density at radius 2 is 1.16 bits per heavy atom. The topological polar surface area (TPSA) is 252 Å². The van der Waals surface area contributed by atoms with Crippen LogP contribution in [0.1, 0.15) is 93.6 Å². The lowest BCUT2D eigenvalue weighted by Crippen LogP contribution is -2.29. The molecule has 4 N–H and O–H groups in total. The third-order valence-corrected chi connectivity index (χ3v) is 14.1. The summed E-state index contributed by atoms with van der Waals surface area (Å²) in [5.41, 5.74) is 5.40. The number of aliphatic hydroxyl groups is 2. The second-order valence-corrected chi connectivity index (χ2v) is 27.1. The number of H-pyrrole nitrogens is 1. The molecule has 1 unspecified atom stereocenters. The van der Waals surface area contributed by atoms with Crippen molar-refractivity contribution >= 4 is 62.1 Å². The Bertz CT molecular complexity index is 2930. The molecule has 16 nitrogen and oxygen atoms in total. The summed E-state index contributed by atoms with van der Waals surface area (Å²) in [5, 5.41) is 22.9. The molecule has 392 valence electrons. The monoisotopic (exact) mass is 1070 g/mol. The summed E-state index contributed by atoms with van der Waals surface area (Å²) in [6, 6.07) is 16.5. The molecule has 6 aromatic rings. The molecule has 0 aliphatic rings. The molecule has 0 radical (unpaired) electrons. The molecule has 0 bridgehead atoms. The Morgan fingerprint density at radius 3 is 1.47 bits per heavy atom. The van der Waals surface area contributed by atoms with Crippen LogP contribution in [0.3, 0.4) is 0 Å².